The first kappa shape index (κ1) is 9.02. The van der Waals surface area contributed by atoms with Gasteiger partial charge in [0.15, 0.2) is 0 Å². The Morgan fingerprint density at radius 3 is 2.86 bits per heavy atom. The normalized spacial score (nSPS) is 12.2. The maximum absolute atomic E-state index is 9.55. The molecule has 74 valence electrons. The van der Waals surface area contributed by atoms with Crippen molar-refractivity contribution in [3.05, 3.63) is 30.4 Å². The van der Waals surface area contributed by atoms with E-state index in [0.29, 0.717) is 5.52 Å². The van der Waals surface area contributed by atoms with E-state index in [2.05, 4.69) is 4.98 Å². The van der Waals surface area contributed by atoms with Crippen molar-refractivity contribution < 1.29 is 5.11 Å². The van der Waals surface area contributed by atoms with Gasteiger partial charge < -0.3 is 10.8 Å². The predicted molar refractivity (Wildman–Crippen MR) is 54.1 cm³/mol. The predicted octanol–water partition coefficient (Wildman–Crippen LogP) is 1.23. The Hall–Kier alpha value is -1.55. The Kier molecular flexibility index (Phi) is 1.75. The minimum absolute atomic E-state index is 0.218. The molecule has 2 aromatic heterocycles. The van der Waals surface area contributed by atoms with Crippen LogP contribution in [0, 0.1) is 0 Å². The Morgan fingerprint density at radius 1 is 1.50 bits per heavy atom. The third-order valence-electron chi connectivity index (χ3n) is 2.12. The standard InChI is InChI=1S/C10H13N3O/c1-10(2,11)9-12-6-7-8(14)4-3-5-13(7)9/h3-6,14H,11H2,1-2H3. The average Bonchev–Trinajstić information content (AvgIpc) is 2.47. The van der Waals surface area contributed by atoms with Gasteiger partial charge in [-0.25, -0.2) is 4.98 Å². The van der Waals surface area contributed by atoms with Gasteiger partial charge in [0, 0.05) is 6.20 Å². The largest absolute Gasteiger partial charge is 0.506 e. The Morgan fingerprint density at radius 2 is 2.21 bits per heavy atom. The molecular weight excluding hydrogens is 178 g/mol. The van der Waals surface area contributed by atoms with Crippen LogP contribution >= 0.6 is 0 Å². The maximum Gasteiger partial charge on any atom is 0.141 e. The third kappa shape index (κ3) is 1.24. The van der Waals surface area contributed by atoms with Crippen molar-refractivity contribution in [1.29, 1.82) is 0 Å². The highest BCUT2D eigenvalue weighted by Crippen LogP contribution is 2.22. The molecule has 0 aliphatic heterocycles. The van der Waals surface area contributed by atoms with E-state index in [-0.39, 0.29) is 5.75 Å². The van der Waals surface area contributed by atoms with Crippen molar-refractivity contribution in [1.82, 2.24) is 9.38 Å². The van der Waals surface area contributed by atoms with Gasteiger partial charge in [-0.15, -0.1) is 0 Å². The summed E-state index contributed by atoms with van der Waals surface area (Å²) in [5.41, 5.74) is 6.12. The van der Waals surface area contributed by atoms with Gasteiger partial charge in [0.1, 0.15) is 17.1 Å². The second kappa shape index (κ2) is 2.72. The molecule has 0 aliphatic rings. The van der Waals surface area contributed by atoms with Crippen LogP contribution in [0.3, 0.4) is 0 Å². The summed E-state index contributed by atoms with van der Waals surface area (Å²) in [7, 11) is 0. The van der Waals surface area contributed by atoms with Crippen molar-refractivity contribution in [2.75, 3.05) is 0 Å². The fraction of sp³-hybridized carbons (Fsp3) is 0.300. The Balaban J connectivity index is 2.76. The number of hydrogen-bond acceptors (Lipinski definition) is 3. The molecule has 4 heteroatoms. The van der Waals surface area contributed by atoms with E-state index in [4.69, 9.17) is 5.73 Å². The summed E-state index contributed by atoms with van der Waals surface area (Å²) < 4.78 is 1.80. The molecule has 0 fully saturated rings. The van der Waals surface area contributed by atoms with Crippen molar-refractivity contribution in [3.63, 3.8) is 0 Å². The number of nitrogens with zero attached hydrogens (tertiary/aromatic N) is 2. The SMILES string of the molecule is CC(C)(N)c1ncc2c(O)cccn12. The van der Waals surface area contributed by atoms with Crippen LogP contribution in [0.5, 0.6) is 5.75 Å². The van der Waals surface area contributed by atoms with Gasteiger partial charge in [0.05, 0.1) is 11.7 Å². The van der Waals surface area contributed by atoms with Gasteiger partial charge in [-0.2, -0.15) is 0 Å². The summed E-state index contributed by atoms with van der Waals surface area (Å²) in [5.74, 6) is 0.957. The molecule has 0 aromatic carbocycles. The first-order chi connectivity index (χ1) is 6.50. The van der Waals surface area contributed by atoms with Gasteiger partial charge in [-0.05, 0) is 26.0 Å². The zero-order valence-electron chi connectivity index (χ0n) is 8.23. The van der Waals surface area contributed by atoms with Crippen LogP contribution < -0.4 is 5.73 Å². The van der Waals surface area contributed by atoms with E-state index in [1.165, 1.54) is 0 Å². The molecule has 2 rings (SSSR count). The summed E-state index contributed by atoms with van der Waals surface area (Å²) in [5, 5.41) is 9.55. The molecule has 0 saturated carbocycles. The molecule has 0 aliphatic carbocycles. The Labute approximate surface area is 82.0 Å². The van der Waals surface area contributed by atoms with E-state index in [9.17, 15) is 5.11 Å². The first-order valence-electron chi connectivity index (χ1n) is 4.44. The fourth-order valence-corrected chi connectivity index (χ4v) is 1.48. The molecular formula is C10H13N3O. The zero-order valence-corrected chi connectivity index (χ0v) is 8.23. The molecule has 3 N–H and O–H groups in total. The highest BCUT2D eigenvalue weighted by Gasteiger charge is 2.20. The Bertz CT molecular complexity index is 468. The second-order valence-corrected chi connectivity index (χ2v) is 3.95. The van der Waals surface area contributed by atoms with Gasteiger partial charge in [0.25, 0.3) is 0 Å². The quantitative estimate of drug-likeness (QED) is 0.712. The van der Waals surface area contributed by atoms with Crippen LogP contribution in [0.1, 0.15) is 19.7 Å². The van der Waals surface area contributed by atoms with Crippen molar-refractivity contribution >= 4 is 5.52 Å². The first-order valence-corrected chi connectivity index (χ1v) is 4.44. The molecule has 2 aromatic rings. The molecule has 0 atom stereocenters. The molecule has 0 radical (unpaired) electrons. The third-order valence-corrected chi connectivity index (χ3v) is 2.12. The van der Waals surface area contributed by atoms with Gasteiger partial charge in [-0.3, -0.25) is 4.40 Å². The number of hydrogen-bond donors (Lipinski definition) is 2. The maximum atomic E-state index is 9.55. The summed E-state index contributed by atoms with van der Waals surface area (Å²) >= 11 is 0. The molecule has 0 amide bonds. The molecule has 4 nitrogen and oxygen atoms in total. The fourth-order valence-electron chi connectivity index (χ4n) is 1.48. The molecule has 2 heterocycles. The van der Waals surface area contributed by atoms with Gasteiger partial charge in [0.2, 0.25) is 0 Å². The number of rotatable bonds is 1. The highest BCUT2D eigenvalue weighted by molar-refractivity contribution is 5.58. The second-order valence-electron chi connectivity index (χ2n) is 3.95. The monoisotopic (exact) mass is 191 g/mol. The van der Waals surface area contributed by atoms with Crippen LogP contribution in [0.2, 0.25) is 0 Å². The number of pyridine rings is 1. The average molecular weight is 191 g/mol. The topological polar surface area (TPSA) is 63.5 Å². The smallest absolute Gasteiger partial charge is 0.141 e. The van der Waals surface area contributed by atoms with Crippen LogP contribution in [0.15, 0.2) is 24.5 Å². The lowest BCUT2D eigenvalue weighted by molar-refractivity contribution is 0.476. The lowest BCUT2D eigenvalue weighted by Gasteiger charge is -2.16. The van der Waals surface area contributed by atoms with Gasteiger partial charge >= 0.3 is 0 Å². The number of nitrogens with two attached hydrogens (primary N) is 1. The zero-order chi connectivity index (χ0) is 10.3. The summed E-state index contributed by atoms with van der Waals surface area (Å²) in [4.78, 5) is 4.21. The number of fused-ring (bicyclic) bond motifs is 1. The van der Waals surface area contributed by atoms with E-state index in [1.54, 1.807) is 22.7 Å². The van der Waals surface area contributed by atoms with Crippen molar-refractivity contribution in [2.24, 2.45) is 5.73 Å². The number of imidazole rings is 1. The van der Waals surface area contributed by atoms with Crippen LogP contribution in [0.25, 0.3) is 5.52 Å². The van der Waals surface area contributed by atoms with E-state index < -0.39 is 5.54 Å². The number of aromatic nitrogens is 2. The van der Waals surface area contributed by atoms with Crippen molar-refractivity contribution in [3.8, 4) is 5.75 Å². The van der Waals surface area contributed by atoms with Crippen LogP contribution in [-0.4, -0.2) is 14.5 Å². The van der Waals surface area contributed by atoms with Crippen molar-refractivity contribution in [2.45, 2.75) is 19.4 Å². The molecule has 0 bridgehead atoms. The molecule has 14 heavy (non-hydrogen) atoms. The van der Waals surface area contributed by atoms with Crippen LogP contribution in [0.4, 0.5) is 0 Å². The molecule has 0 unspecified atom stereocenters. The molecule has 0 spiro atoms. The summed E-state index contributed by atoms with van der Waals surface area (Å²) in [6, 6.07) is 3.39. The summed E-state index contributed by atoms with van der Waals surface area (Å²) in [6.07, 6.45) is 3.46. The lowest BCUT2D eigenvalue weighted by Crippen LogP contribution is -2.31. The van der Waals surface area contributed by atoms with Crippen LogP contribution in [-0.2, 0) is 5.54 Å². The minimum atomic E-state index is -0.514. The number of aromatic hydroxyl groups is 1. The van der Waals surface area contributed by atoms with E-state index >= 15 is 0 Å². The lowest BCUT2D eigenvalue weighted by atomic mass is 10.1. The highest BCUT2D eigenvalue weighted by atomic mass is 16.3. The van der Waals surface area contributed by atoms with Gasteiger partial charge in [-0.1, -0.05) is 0 Å². The summed E-state index contributed by atoms with van der Waals surface area (Å²) in [6.45, 7) is 3.76. The van der Waals surface area contributed by atoms with E-state index in [0.717, 1.165) is 5.82 Å². The minimum Gasteiger partial charge on any atom is -0.506 e. The molecule has 0 saturated heterocycles. The van der Waals surface area contributed by atoms with E-state index in [1.807, 2.05) is 20.0 Å².